The maximum atomic E-state index is 14.5. The van der Waals surface area contributed by atoms with Crippen molar-refractivity contribution in [2.75, 3.05) is 24.5 Å². The summed E-state index contributed by atoms with van der Waals surface area (Å²) in [6.45, 7) is 2.42. The van der Waals surface area contributed by atoms with Gasteiger partial charge in [0.05, 0.1) is 22.6 Å². The molecule has 14 heteroatoms. The van der Waals surface area contributed by atoms with E-state index >= 15 is 0 Å². The molecule has 11 nitrogen and oxygen atoms in total. The number of nitro groups is 1. The molecule has 4 rings (SSSR count). The van der Waals surface area contributed by atoms with E-state index in [-0.39, 0.29) is 41.5 Å². The van der Waals surface area contributed by atoms with E-state index in [1.54, 1.807) is 31.2 Å². The number of nitrogens with one attached hydrogen (secondary N) is 1. The fraction of sp³-hybridized carbons (Fsp3) is 0.235. The number of sulfonamides is 1. The number of rotatable bonds is 14. The molecule has 0 fully saturated rings. The maximum absolute atomic E-state index is 14.5. The number of carbonyl (C=O) groups is 2. The van der Waals surface area contributed by atoms with Crippen LogP contribution in [0.15, 0.2) is 95.9 Å². The van der Waals surface area contributed by atoms with E-state index in [4.69, 9.17) is 16.3 Å². The number of methoxy groups -OCH3 is 1. The summed E-state index contributed by atoms with van der Waals surface area (Å²) in [5.74, 6) is -1.73. The molecule has 4 aromatic carbocycles. The predicted molar refractivity (Wildman–Crippen MR) is 180 cm³/mol. The topological polar surface area (TPSA) is 139 Å². The number of hydrogen-bond donors (Lipinski definition) is 1. The third kappa shape index (κ3) is 8.47. The second-order valence-corrected chi connectivity index (χ2v) is 13.1. The first-order valence-electron chi connectivity index (χ1n) is 14.8. The normalized spacial score (nSPS) is 11.8. The molecular formula is C34H34ClFN4O7S. The van der Waals surface area contributed by atoms with Gasteiger partial charge in [-0.2, -0.15) is 0 Å². The Labute approximate surface area is 283 Å². The highest BCUT2D eigenvalue weighted by atomic mass is 35.5. The zero-order valence-corrected chi connectivity index (χ0v) is 28.0. The molecule has 0 radical (unpaired) electrons. The van der Waals surface area contributed by atoms with Gasteiger partial charge in [0, 0.05) is 36.2 Å². The lowest BCUT2D eigenvalue weighted by atomic mass is 10.0. The van der Waals surface area contributed by atoms with Gasteiger partial charge in [-0.3, -0.25) is 24.0 Å². The van der Waals surface area contributed by atoms with Gasteiger partial charge in [-0.05, 0) is 61.4 Å². The highest BCUT2D eigenvalue weighted by Crippen LogP contribution is 2.36. The highest BCUT2D eigenvalue weighted by molar-refractivity contribution is 7.92. The molecule has 4 aromatic rings. The number of carbonyl (C=O) groups excluding carboxylic acids is 2. The van der Waals surface area contributed by atoms with Crippen LogP contribution < -0.4 is 14.4 Å². The Morgan fingerprint density at radius 3 is 2.31 bits per heavy atom. The summed E-state index contributed by atoms with van der Waals surface area (Å²) < 4.78 is 48.8. The van der Waals surface area contributed by atoms with Gasteiger partial charge in [0.15, 0.2) is 0 Å². The Kier molecular flexibility index (Phi) is 11.7. The van der Waals surface area contributed by atoms with E-state index in [2.05, 4.69) is 5.32 Å². The number of ether oxygens (including phenoxy) is 1. The molecule has 1 N–H and O–H groups in total. The van der Waals surface area contributed by atoms with Crippen LogP contribution in [0, 0.1) is 22.9 Å². The van der Waals surface area contributed by atoms with Crippen molar-refractivity contribution in [2.45, 2.75) is 37.8 Å². The number of aryl methyl sites for hydroxylation is 1. The van der Waals surface area contributed by atoms with Crippen LogP contribution in [0.4, 0.5) is 15.8 Å². The van der Waals surface area contributed by atoms with E-state index in [1.807, 2.05) is 6.07 Å². The van der Waals surface area contributed by atoms with Crippen molar-refractivity contribution in [3.8, 4) is 5.75 Å². The minimum atomic E-state index is -4.71. The molecule has 252 valence electrons. The third-order valence-electron chi connectivity index (χ3n) is 7.54. The number of nitro benzene ring substituents is 1. The number of anilines is 1. The average molecular weight is 697 g/mol. The number of amides is 2. The van der Waals surface area contributed by atoms with Crippen LogP contribution in [-0.2, 0) is 32.6 Å². The van der Waals surface area contributed by atoms with Gasteiger partial charge in [0.25, 0.3) is 15.7 Å². The molecule has 0 unspecified atom stereocenters. The van der Waals surface area contributed by atoms with E-state index in [0.29, 0.717) is 5.56 Å². The number of benzene rings is 4. The van der Waals surface area contributed by atoms with Gasteiger partial charge in [-0.15, -0.1) is 0 Å². The Balaban J connectivity index is 1.88. The molecule has 1 atom stereocenters. The molecule has 2 amide bonds. The van der Waals surface area contributed by atoms with E-state index in [0.717, 1.165) is 15.9 Å². The second kappa shape index (κ2) is 15.7. The highest BCUT2D eigenvalue weighted by Gasteiger charge is 2.36. The van der Waals surface area contributed by atoms with E-state index in [1.165, 1.54) is 73.5 Å². The van der Waals surface area contributed by atoms with Gasteiger partial charge >= 0.3 is 0 Å². The van der Waals surface area contributed by atoms with E-state index in [9.17, 15) is 32.5 Å². The summed E-state index contributed by atoms with van der Waals surface area (Å²) in [4.78, 5) is 39.9. The molecule has 0 bridgehead atoms. The van der Waals surface area contributed by atoms with Crippen LogP contribution in [0.3, 0.4) is 0 Å². The lowest BCUT2D eigenvalue weighted by Crippen LogP contribution is -2.53. The molecule has 0 aliphatic carbocycles. The van der Waals surface area contributed by atoms with Gasteiger partial charge in [-0.1, -0.05) is 60.1 Å². The van der Waals surface area contributed by atoms with Crippen molar-refractivity contribution in [3.05, 3.63) is 129 Å². The second-order valence-electron chi connectivity index (χ2n) is 10.8. The summed E-state index contributed by atoms with van der Waals surface area (Å²) >= 11 is 6.29. The van der Waals surface area contributed by atoms with Crippen molar-refractivity contribution in [2.24, 2.45) is 0 Å². The van der Waals surface area contributed by atoms with Gasteiger partial charge in [0.2, 0.25) is 11.8 Å². The van der Waals surface area contributed by atoms with Crippen LogP contribution in [0.25, 0.3) is 0 Å². The van der Waals surface area contributed by atoms with Crippen LogP contribution in [0.5, 0.6) is 5.75 Å². The first kappa shape index (κ1) is 35.8. The van der Waals surface area contributed by atoms with Gasteiger partial charge < -0.3 is 15.0 Å². The summed E-state index contributed by atoms with van der Waals surface area (Å²) in [7, 11) is -3.40. The molecule has 0 aromatic heterocycles. The van der Waals surface area contributed by atoms with Gasteiger partial charge in [0.1, 0.15) is 24.2 Å². The zero-order chi connectivity index (χ0) is 35.0. The van der Waals surface area contributed by atoms with Crippen molar-refractivity contribution in [1.82, 2.24) is 10.2 Å². The van der Waals surface area contributed by atoms with Crippen molar-refractivity contribution in [3.63, 3.8) is 0 Å². The Bertz CT molecular complexity index is 1890. The monoisotopic (exact) mass is 696 g/mol. The summed E-state index contributed by atoms with van der Waals surface area (Å²) in [6.07, 6.45) is 0.0804. The third-order valence-corrected chi connectivity index (χ3v) is 9.53. The summed E-state index contributed by atoms with van der Waals surface area (Å²) in [6, 6.07) is 20.8. The molecule has 0 saturated carbocycles. The molecule has 0 heterocycles. The zero-order valence-electron chi connectivity index (χ0n) is 26.4. The predicted octanol–water partition coefficient (Wildman–Crippen LogP) is 5.68. The van der Waals surface area contributed by atoms with Crippen LogP contribution in [-0.4, -0.2) is 56.3 Å². The minimum absolute atomic E-state index is 0.0482. The smallest absolute Gasteiger partial charge is 0.273 e. The molecule has 0 saturated heterocycles. The average Bonchev–Trinajstić information content (AvgIpc) is 3.06. The maximum Gasteiger partial charge on any atom is 0.273 e. The number of nitrogens with zero attached hydrogens (tertiary/aromatic N) is 3. The Morgan fingerprint density at radius 1 is 1.00 bits per heavy atom. The first-order valence-corrected chi connectivity index (χ1v) is 16.6. The fourth-order valence-electron chi connectivity index (χ4n) is 5.08. The molecule has 0 spiro atoms. The van der Waals surface area contributed by atoms with Crippen LogP contribution in [0.1, 0.15) is 23.6 Å². The van der Waals surface area contributed by atoms with Crippen molar-refractivity contribution < 1.29 is 32.1 Å². The summed E-state index contributed by atoms with van der Waals surface area (Å²) in [5.41, 5.74) is 0.908. The Hall–Kier alpha value is -5.01. The van der Waals surface area contributed by atoms with Crippen molar-refractivity contribution >= 4 is 44.8 Å². The first-order chi connectivity index (χ1) is 22.8. The van der Waals surface area contributed by atoms with Crippen molar-refractivity contribution in [1.29, 1.82) is 0 Å². The molecule has 48 heavy (non-hydrogen) atoms. The number of halogens is 2. The standard InChI is InChI=1S/C34H34ClFN4O7S/c1-4-37-34(42)31(18-24-8-6-5-7-9-24)38(21-25-11-14-27(36)15-12-25)33(41)22-39(30-19-26(35)13-17-32(30)47-3)48(45,46)28-16-10-23(2)29(20-28)40(43)44/h5-17,19-20,31H,4,18,21-22H2,1-3H3,(H,37,42)/t31-/m1/s1. The fourth-order valence-corrected chi connectivity index (χ4v) is 6.68. The molecule has 0 aliphatic heterocycles. The molecular weight excluding hydrogens is 663 g/mol. The SMILES string of the molecule is CCNC(=O)[C@@H](Cc1ccccc1)N(Cc1ccc(F)cc1)C(=O)CN(c1cc(Cl)ccc1OC)S(=O)(=O)c1ccc(C)c([N+](=O)[O-])c1. The van der Waals surface area contributed by atoms with Gasteiger partial charge in [-0.25, -0.2) is 12.8 Å². The number of likely N-dealkylation sites (N-methyl/N-ethyl adjacent to an activating group) is 1. The van der Waals surface area contributed by atoms with Crippen LogP contribution in [0.2, 0.25) is 5.02 Å². The van der Waals surface area contributed by atoms with Crippen LogP contribution >= 0.6 is 11.6 Å². The quantitative estimate of drug-likeness (QED) is 0.132. The largest absolute Gasteiger partial charge is 0.495 e. The lowest BCUT2D eigenvalue weighted by molar-refractivity contribution is -0.385. The summed E-state index contributed by atoms with van der Waals surface area (Å²) in [5, 5.41) is 14.6. The lowest BCUT2D eigenvalue weighted by Gasteiger charge is -2.34. The molecule has 0 aliphatic rings. The minimum Gasteiger partial charge on any atom is -0.495 e. The Morgan fingerprint density at radius 2 is 1.69 bits per heavy atom. The number of hydrogen-bond acceptors (Lipinski definition) is 7. The van der Waals surface area contributed by atoms with E-state index < -0.39 is 55.7 Å².